The number of carbonyl (C=O) groups excluding carboxylic acids is 2. The highest BCUT2D eigenvalue weighted by molar-refractivity contribution is 6.01. The van der Waals surface area contributed by atoms with Crippen molar-refractivity contribution < 1.29 is 27.5 Å². The lowest BCUT2D eigenvalue weighted by Gasteiger charge is -2.30. The van der Waals surface area contributed by atoms with Crippen LogP contribution in [0, 0.1) is 12.8 Å². The van der Waals surface area contributed by atoms with Gasteiger partial charge in [0.05, 0.1) is 6.04 Å². The van der Waals surface area contributed by atoms with E-state index in [0.717, 1.165) is 11.1 Å². The van der Waals surface area contributed by atoms with Gasteiger partial charge in [-0.3, -0.25) is 9.59 Å². The Morgan fingerprint density at radius 2 is 2.08 bits per heavy atom. The van der Waals surface area contributed by atoms with Crippen LogP contribution in [-0.4, -0.2) is 30.1 Å². The van der Waals surface area contributed by atoms with E-state index in [4.69, 9.17) is 4.74 Å². The van der Waals surface area contributed by atoms with Crippen LogP contribution in [0.5, 0.6) is 5.75 Å². The largest absolute Gasteiger partial charge is 0.488 e. The molecule has 0 aliphatic carbocycles. The van der Waals surface area contributed by atoms with Crippen molar-refractivity contribution in [3.63, 3.8) is 0 Å². The van der Waals surface area contributed by atoms with Gasteiger partial charge in [-0.25, -0.2) is 0 Å². The fourth-order valence-electron chi connectivity index (χ4n) is 3.50. The molecule has 2 aliphatic rings. The van der Waals surface area contributed by atoms with Crippen molar-refractivity contribution >= 4 is 11.8 Å². The smallest absolute Gasteiger partial charge is 0.408 e. The second kappa shape index (κ2) is 6.81. The lowest BCUT2D eigenvalue weighted by Crippen LogP contribution is -2.55. The van der Waals surface area contributed by atoms with Crippen molar-refractivity contribution in [2.45, 2.75) is 57.5 Å². The van der Waals surface area contributed by atoms with Gasteiger partial charge in [0, 0.05) is 5.56 Å². The second-order valence-electron chi connectivity index (χ2n) is 6.82. The van der Waals surface area contributed by atoms with Gasteiger partial charge in [0.15, 0.2) is 0 Å². The maximum absolute atomic E-state index is 12.7. The van der Waals surface area contributed by atoms with Gasteiger partial charge in [-0.15, -0.1) is 0 Å². The molecule has 4 unspecified atom stereocenters. The van der Waals surface area contributed by atoms with Crippen LogP contribution < -0.4 is 15.4 Å². The maximum Gasteiger partial charge on any atom is 0.408 e. The zero-order valence-corrected chi connectivity index (χ0v) is 14.5. The van der Waals surface area contributed by atoms with E-state index in [2.05, 4.69) is 5.32 Å². The number of benzene rings is 1. The van der Waals surface area contributed by atoms with E-state index in [-0.39, 0.29) is 18.9 Å². The number of ether oxygens (including phenoxy) is 1. The van der Waals surface area contributed by atoms with Gasteiger partial charge in [0.2, 0.25) is 11.8 Å². The molecule has 1 aromatic rings. The molecule has 0 aromatic heterocycles. The van der Waals surface area contributed by atoms with Crippen LogP contribution in [0.2, 0.25) is 0 Å². The molecular weight excluding hydrogens is 349 g/mol. The summed E-state index contributed by atoms with van der Waals surface area (Å²) in [7, 11) is 0. The molecule has 2 aliphatic heterocycles. The summed E-state index contributed by atoms with van der Waals surface area (Å²) in [5.41, 5.74) is 1.83. The van der Waals surface area contributed by atoms with Gasteiger partial charge in [0.1, 0.15) is 23.8 Å². The summed E-state index contributed by atoms with van der Waals surface area (Å²) >= 11 is 0. The lowest BCUT2D eigenvalue weighted by molar-refractivity contribution is -0.171. The molecule has 142 valence electrons. The number of hydrogen-bond acceptors (Lipinski definition) is 3. The number of fused-ring (bicyclic) bond motifs is 1. The Labute approximate surface area is 149 Å². The van der Waals surface area contributed by atoms with Crippen molar-refractivity contribution in [2.75, 3.05) is 0 Å². The van der Waals surface area contributed by atoms with Crippen molar-refractivity contribution in [1.29, 1.82) is 0 Å². The molecule has 0 saturated carbocycles. The average Bonchev–Trinajstić information content (AvgIpc) is 2.91. The molecule has 5 nitrogen and oxygen atoms in total. The SMILES string of the molecule is CCC1Oc2ccc(C)cc2C1NC(=O)C1CCC(C(F)(F)F)NC1=O. The summed E-state index contributed by atoms with van der Waals surface area (Å²) in [6.45, 7) is 3.84. The number of halogens is 3. The number of aryl methyl sites for hydroxylation is 1. The van der Waals surface area contributed by atoms with E-state index in [1.807, 2.05) is 37.4 Å². The lowest BCUT2D eigenvalue weighted by atomic mass is 9.91. The van der Waals surface area contributed by atoms with Gasteiger partial charge < -0.3 is 15.4 Å². The third kappa shape index (κ3) is 3.50. The molecule has 0 radical (unpaired) electrons. The molecule has 1 aromatic carbocycles. The molecule has 26 heavy (non-hydrogen) atoms. The normalized spacial score (nSPS) is 28.1. The van der Waals surface area contributed by atoms with Crippen LogP contribution in [0.4, 0.5) is 13.2 Å². The van der Waals surface area contributed by atoms with Gasteiger partial charge in [-0.05, 0) is 32.3 Å². The fraction of sp³-hybridized carbons (Fsp3) is 0.556. The molecule has 2 N–H and O–H groups in total. The molecular formula is C18H21F3N2O3. The Morgan fingerprint density at radius 3 is 2.69 bits per heavy atom. The van der Waals surface area contributed by atoms with Gasteiger partial charge in [-0.2, -0.15) is 13.2 Å². The Morgan fingerprint density at radius 1 is 1.35 bits per heavy atom. The predicted molar refractivity (Wildman–Crippen MR) is 87.5 cm³/mol. The van der Waals surface area contributed by atoms with Crippen molar-refractivity contribution in [2.24, 2.45) is 5.92 Å². The van der Waals surface area contributed by atoms with Gasteiger partial charge in [-0.1, -0.05) is 24.6 Å². The first-order valence-corrected chi connectivity index (χ1v) is 8.65. The summed E-state index contributed by atoms with van der Waals surface area (Å²) in [6.07, 6.45) is -4.56. The minimum atomic E-state index is -4.50. The minimum Gasteiger partial charge on any atom is -0.488 e. The van der Waals surface area contributed by atoms with Crippen LogP contribution in [0.25, 0.3) is 0 Å². The number of nitrogens with one attached hydrogen (secondary N) is 2. The highest BCUT2D eigenvalue weighted by Crippen LogP contribution is 2.39. The third-order valence-corrected chi connectivity index (χ3v) is 4.94. The fourth-order valence-corrected chi connectivity index (χ4v) is 3.50. The van der Waals surface area contributed by atoms with Crippen LogP contribution in [0.3, 0.4) is 0 Å². The summed E-state index contributed by atoms with van der Waals surface area (Å²) in [6, 6.07) is 3.34. The summed E-state index contributed by atoms with van der Waals surface area (Å²) in [5.74, 6) is -1.89. The van der Waals surface area contributed by atoms with Crippen molar-refractivity contribution in [1.82, 2.24) is 10.6 Å². The highest BCUT2D eigenvalue weighted by Gasteiger charge is 2.46. The number of hydrogen-bond donors (Lipinski definition) is 2. The Balaban J connectivity index is 1.72. The number of carbonyl (C=O) groups is 2. The summed E-state index contributed by atoms with van der Waals surface area (Å²) in [5, 5.41) is 4.72. The monoisotopic (exact) mass is 370 g/mol. The molecule has 0 spiro atoms. The van der Waals surface area contributed by atoms with Crippen LogP contribution >= 0.6 is 0 Å². The van der Waals surface area contributed by atoms with E-state index in [1.165, 1.54) is 0 Å². The molecule has 1 saturated heterocycles. The first-order valence-electron chi connectivity index (χ1n) is 8.65. The maximum atomic E-state index is 12.7. The second-order valence-corrected chi connectivity index (χ2v) is 6.82. The van der Waals surface area contributed by atoms with Crippen LogP contribution in [-0.2, 0) is 9.59 Å². The Bertz CT molecular complexity index is 720. The van der Waals surface area contributed by atoms with Crippen molar-refractivity contribution in [3.8, 4) is 5.75 Å². The standard InChI is InChI=1S/C18H21F3N2O3/c1-3-12-15(11-8-9(2)4-6-13(11)26-12)23-17(25)10-5-7-14(18(19,20)21)22-16(10)24/h4,6,8,10,12,14-15H,3,5,7H2,1-2H3,(H,22,24)(H,23,25). The van der Waals surface area contributed by atoms with Gasteiger partial charge >= 0.3 is 6.18 Å². The quantitative estimate of drug-likeness (QED) is 0.804. The van der Waals surface area contributed by atoms with Crippen molar-refractivity contribution in [3.05, 3.63) is 29.3 Å². The topological polar surface area (TPSA) is 67.4 Å². The van der Waals surface area contributed by atoms with E-state index >= 15 is 0 Å². The first kappa shape index (κ1) is 18.5. The van der Waals surface area contributed by atoms with Crippen LogP contribution in [0.1, 0.15) is 43.4 Å². The Kier molecular flexibility index (Phi) is 4.86. The number of piperidine rings is 1. The molecule has 8 heteroatoms. The highest BCUT2D eigenvalue weighted by atomic mass is 19.4. The average molecular weight is 370 g/mol. The molecule has 1 fully saturated rings. The zero-order valence-electron chi connectivity index (χ0n) is 14.5. The minimum absolute atomic E-state index is 0.132. The van der Waals surface area contributed by atoms with E-state index in [0.29, 0.717) is 12.2 Å². The molecule has 2 heterocycles. The number of amides is 2. The summed E-state index contributed by atoms with van der Waals surface area (Å²) in [4.78, 5) is 24.6. The predicted octanol–water partition coefficient (Wildman–Crippen LogP) is 2.78. The van der Waals surface area contributed by atoms with E-state index < -0.39 is 36.0 Å². The molecule has 0 bridgehead atoms. The van der Waals surface area contributed by atoms with Gasteiger partial charge in [0.25, 0.3) is 0 Å². The van der Waals surface area contributed by atoms with Crippen LogP contribution in [0.15, 0.2) is 18.2 Å². The summed E-state index contributed by atoms with van der Waals surface area (Å²) < 4.78 is 44.1. The number of rotatable bonds is 3. The molecule has 3 rings (SSSR count). The van der Waals surface area contributed by atoms with E-state index in [9.17, 15) is 22.8 Å². The molecule has 4 atom stereocenters. The first-order chi connectivity index (χ1) is 12.2. The zero-order chi connectivity index (χ0) is 19.1. The third-order valence-electron chi connectivity index (χ3n) is 4.94. The molecule has 2 amide bonds. The van der Waals surface area contributed by atoms with E-state index in [1.54, 1.807) is 0 Å². The number of alkyl halides is 3. The Hall–Kier alpha value is -2.25.